The van der Waals surface area contributed by atoms with Gasteiger partial charge in [0.2, 0.25) is 5.28 Å². The Morgan fingerprint density at radius 1 is 1.00 bits per heavy atom. The van der Waals surface area contributed by atoms with Crippen molar-refractivity contribution in [1.29, 1.82) is 0 Å². The highest BCUT2D eigenvalue weighted by Crippen LogP contribution is 2.38. The van der Waals surface area contributed by atoms with Gasteiger partial charge < -0.3 is 23.7 Å². The van der Waals surface area contributed by atoms with E-state index in [-0.39, 0.29) is 21.6 Å². The first-order valence-corrected chi connectivity index (χ1v) is 10.6. The minimum absolute atomic E-state index is 0.0310. The molecule has 2 aromatic rings. The number of fused-ring (bicyclic) bond motifs is 1. The Labute approximate surface area is 202 Å². The molecule has 0 bridgehead atoms. The zero-order valence-electron chi connectivity index (χ0n) is 18.4. The molecule has 0 radical (unpaired) electrons. The van der Waals surface area contributed by atoms with Crippen LogP contribution in [0, 0.1) is 0 Å². The van der Waals surface area contributed by atoms with Gasteiger partial charge in [-0.25, -0.2) is 9.97 Å². The molecule has 2 aromatic heterocycles. The summed E-state index contributed by atoms with van der Waals surface area (Å²) >= 11 is 12.0. The van der Waals surface area contributed by atoms with Gasteiger partial charge in [-0.05, 0) is 11.6 Å². The molecule has 0 saturated carbocycles. The number of carbonyl (C=O) groups is 4. The van der Waals surface area contributed by atoms with E-state index >= 15 is 0 Å². The van der Waals surface area contributed by atoms with Gasteiger partial charge in [0.1, 0.15) is 18.2 Å². The molecule has 0 aliphatic carbocycles. The molecule has 13 nitrogen and oxygen atoms in total. The van der Waals surface area contributed by atoms with Crippen LogP contribution in [0.15, 0.2) is 6.33 Å². The number of imidazole rings is 1. The van der Waals surface area contributed by atoms with Gasteiger partial charge in [-0.15, -0.1) is 0 Å². The van der Waals surface area contributed by atoms with Crippen LogP contribution in [0.3, 0.4) is 0 Å². The Balaban J connectivity index is 2.10. The second kappa shape index (κ2) is 10.5. The third kappa shape index (κ3) is 5.72. The van der Waals surface area contributed by atoms with E-state index in [1.165, 1.54) is 17.8 Å². The second-order valence-electron chi connectivity index (χ2n) is 7.20. The first-order chi connectivity index (χ1) is 16.0. The second-order valence-corrected chi connectivity index (χ2v) is 7.89. The maximum absolute atomic E-state index is 11.9. The number of aromatic nitrogens is 4. The van der Waals surface area contributed by atoms with Crippen molar-refractivity contribution in [2.75, 3.05) is 6.61 Å². The summed E-state index contributed by atoms with van der Waals surface area (Å²) in [5.41, 5.74) is 0.318. The van der Waals surface area contributed by atoms with Gasteiger partial charge in [-0.2, -0.15) is 4.98 Å². The Morgan fingerprint density at radius 3 is 2.24 bits per heavy atom. The molecule has 1 aliphatic heterocycles. The van der Waals surface area contributed by atoms with E-state index in [0.717, 1.165) is 20.8 Å². The van der Waals surface area contributed by atoms with E-state index < -0.39 is 61.1 Å². The molecule has 34 heavy (non-hydrogen) atoms. The van der Waals surface area contributed by atoms with Crippen molar-refractivity contribution in [3.63, 3.8) is 0 Å². The summed E-state index contributed by atoms with van der Waals surface area (Å²) in [7, 11) is 0. The first-order valence-electron chi connectivity index (χ1n) is 9.84. The lowest BCUT2D eigenvalue weighted by Gasteiger charge is -2.27. The van der Waals surface area contributed by atoms with E-state index in [2.05, 4.69) is 15.0 Å². The third-order valence-electron chi connectivity index (χ3n) is 4.59. The van der Waals surface area contributed by atoms with Crippen LogP contribution in [-0.4, -0.2) is 74.4 Å². The van der Waals surface area contributed by atoms with Crippen LogP contribution in [0.5, 0.6) is 0 Å². The third-order valence-corrected chi connectivity index (χ3v) is 5.02. The SMILES string of the molecule is CC(=O)OCC(OC(C)=O)[C@H]1O[C@@H](n2cnc3c(Cl)nc(Cl)nc32)[C@H](OC(C)=O)[C@@H]1OC(C)=O. The molecule has 1 saturated heterocycles. The molecular weight excluding hydrogens is 499 g/mol. The Bertz CT molecular complexity index is 1120. The highest BCUT2D eigenvalue weighted by molar-refractivity contribution is 6.35. The monoisotopic (exact) mass is 518 g/mol. The largest absolute Gasteiger partial charge is 0.462 e. The van der Waals surface area contributed by atoms with Crippen molar-refractivity contribution in [1.82, 2.24) is 19.5 Å². The van der Waals surface area contributed by atoms with Crippen LogP contribution in [0.25, 0.3) is 11.2 Å². The van der Waals surface area contributed by atoms with E-state index in [1.807, 2.05) is 0 Å². The molecule has 0 amide bonds. The topological polar surface area (TPSA) is 158 Å². The lowest BCUT2D eigenvalue weighted by atomic mass is 10.0. The quantitative estimate of drug-likeness (QED) is 0.224. The predicted molar refractivity (Wildman–Crippen MR) is 113 cm³/mol. The minimum atomic E-state index is -1.27. The number of rotatable bonds is 7. The number of hydrogen-bond donors (Lipinski definition) is 0. The van der Waals surface area contributed by atoms with Crippen LogP contribution in [-0.2, 0) is 42.9 Å². The number of ether oxygens (including phenoxy) is 5. The van der Waals surface area contributed by atoms with Crippen LogP contribution < -0.4 is 0 Å². The summed E-state index contributed by atoms with van der Waals surface area (Å²) in [6.45, 7) is 4.18. The number of carbonyl (C=O) groups excluding carboxylic acids is 4. The van der Waals surface area contributed by atoms with Crippen LogP contribution in [0.1, 0.15) is 33.9 Å². The van der Waals surface area contributed by atoms with Crippen molar-refractivity contribution in [3.05, 3.63) is 16.8 Å². The summed E-state index contributed by atoms with van der Waals surface area (Å²) in [5.74, 6) is -2.80. The average Bonchev–Trinajstić information content (AvgIpc) is 3.26. The lowest BCUT2D eigenvalue weighted by Crippen LogP contribution is -2.46. The maximum Gasteiger partial charge on any atom is 0.303 e. The summed E-state index contributed by atoms with van der Waals surface area (Å²) in [6.07, 6.45) is -4.83. The van der Waals surface area contributed by atoms with Gasteiger partial charge in [0.15, 0.2) is 35.3 Å². The highest BCUT2D eigenvalue weighted by atomic mass is 35.5. The fourth-order valence-corrected chi connectivity index (χ4v) is 3.90. The van der Waals surface area contributed by atoms with Gasteiger partial charge in [-0.1, -0.05) is 11.6 Å². The molecule has 3 rings (SSSR count). The zero-order chi connectivity index (χ0) is 25.2. The standard InChI is InChI=1S/C19H20Cl2N4O9/c1-7(26)30-5-11(31-8(2)27)13-14(32-9(3)28)15(33-10(4)29)18(34-13)25-6-22-12-16(20)23-19(21)24-17(12)25/h6,11,13-15,18H,5H2,1-4H3/t11?,13-,14-,15-,18-/m1/s1. The van der Waals surface area contributed by atoms with Crippen LogP contribution in [0.2, 0.25) is 10.4 Å². The number of esters is 4. The highest BCUT2D eigenvalue weighted by Gasteiger charge is 2.54. The maximum atomic E-state index is 11.9. The molecule has 3 heterocycles. The van der Waals surface area contributed by atoms with Gasteiger partial charge in [0.05, 0.1) is 6.33 Å². The van der Waals surface area contributed by atoms with Crippen LogP contribution >= 0.6 is 23.2 Å². The number of halogens is 2. The van der Waals surface area contributed by atoms with Crippen molar-refractivity contribution in [3.8, 4) is 0 Å². The average molecular weight is 519 g/mol. The molecule has 1 unspecified atom stereocenters. The van der Waals surface area contributed by atoms with Crippen molar-refractivity contribution in [2.45, 2.75) is 58.3 Å². The fourth-order valence-electron chi connectivity index (χ4n) is 3.48. The van der Waals surface area contributed by atoms with E-state index in [0.29, 0.717) is 0 Å². The van der Waals surface area contributed by atoms with Crippen molar-refractivity contribution < 1.29 is 42.9 Å². The summed E-state index contributed by atoms with van der Waals surface area (Å²) < 4.78 is 28.5. The molecule has 5 atom stereocenters. The molecule has 1 fully saturated rings. The normalized spacial score (nSPS) is 22.8. The first kappa shape index (κ1) is 25.6. The Hall–Kier alpha value is -3.03. The number of nitrogens with zero attached hydrogens (tertiary/aromatic N) is 4. The molecule has 1 aliphatic rings. The van der Waals surface area contributed by atoms with Crippen molar-refractivity contribution in [2.24, 2.45) is 0 Å². The van der Waals surface area contributed by atoms with Gasteiger partial charge in [0.25, 0.3) is 0 Å². The molecule has 0 N–H and O–H groups in total. The van der Waals surface area contributed by atoms with Gasteiger partial charge in [0, 0.05) is 27.7 Å². The Morgan fingerprint density at radius 2 is 1.65 bits per heavy atom. The van der Waals surface area contributed by atoms with E-state index in [9.17, 15) is 19.2 Å². The molecule has 184 valence electrons. The number of hydrogen-bond acceptors (Lipinski definition) is 12. The molecule has 15 heteroatoms. The van der Waals surface area contributed by atoms with Gasteiger partial charge >= 0.3 is 23.9 Å². The van der Waals surface area contributed by atoms with E-state index in [4.69, 9.17) is 46.9 Å². The fraction of sp³-hybridized carbons (Fsp3) is 0.526. The molecular formula is C19H20Cl2N4O9. The smallest absolute Gasteiger partial charge is 0.303 e. The van der Waals surface area contributed by atoms with Gasteiger partial charge in [-0.3, -0.25) is 23.7 Å². The zero-order valence-corrected chi connectivity index (χ0v) is 19.9. The van der Waals surface area contributed by atoms with Crippen LogP contribution in [0.4, 0.5) is 0 Å². The summed E-state index contributed by atoms with van der Waals surface area (Å²) in [6, 6.07) is 0. The summed E-state index contributed by atoms with van der Waals surface area (Å²) in [4.78, 5) is 59.0. The Kier molecular flexibility index (Phi) is 7.89. The minimum Gasteiger partial charge on any atom is -0.462 e. The molecule has 0 spiro atoms. The predicted octanol–water partition coefficient (Wildman–Crippen LogP) is 1.39. The lowest BCUT2D eigenvalue weighted by molar-refractivity contribution is -0.177. The summed E-state index contributed by atoms with van der Waals surface area (Å²) in [5, 5.41) is -0.210. The van der Waals surface area contributed by atoms with E-state index in [1.54, 1.807) is 0 Å². The van der Waals surface area contributed by atoms with Crippen molar-refractivity contribution >= 4 is 58.2 Å². The molecule has 0 aromatic carbocycles.